The van der Waals surface area contributed by atoms with Crippen molar-refractivity contribution in [2.45, 2.75) is 44.0 Å². The molecular formula is C26H28F3N3O5. The molecule has 2 aliphatic rings. The van der Waals surface area contributed by atoms with Gasteiger partial charge in [0.2, 0.25) is 6.10 Å². The van der Waals surface area contributed by atoms with Gasteiger partial charge < -0.3 is 24.6 Å². The van der Waals surface area contributed by atoms with Gasteiger partial charge in [-0.15, -0.1) is 0 Å². The van der Waals surface area contributed by atoms with Crippen molar-refractivity contribution >= 4 is 23.8 Å². The number of piperidine rings is 1. The number of esters is 1. The normalized spacial score (nSPS) is 17.4. The van der Waals surface area contributed by atoms with Crippen LogP contribution < -0.4 is 5.32 Å². The maximum atomic E-state index is 13.1. The lowest BCUT2D eigenvalue weighted by Gasteiger charge is -2.37. The number of nitrogens with zero attached hydrogens (tertiary/aromatic N) is 2. The number of halogens is 3. The van der Waals surface area contributed by atoms with Crippen LogP contribution in [0.2, 0.25) is 0 Å². The molecule has 1 N–H and O–H groups in total. The van der Waals surface area contributed by atoms with E-state index in [0.717, 1.165) is 30.5 Å². The summed E-state index contributed by atoms with van der Waals surface area (Å²) in [6.07, 6.45) is -5.18. The number of urea groups is 1. The number of para-hydroxylation sites is 1. The van der Waals surface area contributed by atoms with Crippen LogP contribution in [0.1, 0.15) is 29.5 Å². The molecule has 2 aromatic rings. The predicted molar refractivity (Wildman–Crippen MR) is 128 cm³/mol. The van der Waals surface area contributed by atoms with Gasteiger partial charge in [-0.1, -0.05) is 36.4 Å². The summed E-state index contributed by atoms with van der Waals surface area (Å²) in [7, 11) is 1.12. The van der Waals surface area contributed by atoms with E-state index in [1.807, 2.05) is 24.3 Å². The Bertz CT molecular complexity index is 1150. The number of anilines is 1. The Morgan fingerprint density at radius 2 is 1.81 bits per heavy atom. The highest BCUT2D eigenvalue weighted by Gasteiger charge is 2.34. The minimum absolute atomic E-state index is 0.0696. The summed E-state index contributed by atoms with van der Waals surface area (Å²) >= 11 is 0. The van der Waals surface area contributed by atoms with Crippen molar-refractivity contribution < 1.29 is 37.0 Å². The van der Waals surface area contributed by atoms with Crippen molar-refractivity contribution in [3.8, 4) is 0 Å². The van der Waals surface area contributed by atoms with Crippen LogP contribution in [0, 0.1) is 0 Å². The molecule has 11 heteroatoms. The van der Waals surface area contributed by atoms with Crippen LogP contribution in [0.4, 0.5) is 28.4 Å². The van der Waals surface area contributed by atoms with Crippen molar-refractivity contribution in [3.05, 3.63) is 65.2 Å². The first kappa shape index (κ1) is 26.3. The second kappa shape index (κ2) is 11.1. The second-order valence-corrected chi connectivity index (χ2v) is 9.05. The molecule has 0 spiro atoms. The van der Waals surface area contributed by atoms with Gasteiger partial charge in [0, 0.05) is 37.8 Å². The molecule has 2 heterocycles. The molecule has 2 aromatic carbocycles. The highest BCUT2D eigenvalue weighted by Crippen LogP contribution is 2.30. The number of hydrogen-bond acceptors (Lipinski definition) is 5. The zero-order valence-corrected chi connectivity index (χ0v) is 20.3. The minimum Gasteiger partial charge on any atom is -0.466 e. The number of carbonyl (C=O) groups is 3. The highest BCUT2D eigenvalue weighted by atomic mass is 19.4. The zero-order valence-electron chi connectivity index (χ0n) is 20.3. The number of nitrogens with one attached hydrogen (secondary N) is 1. The fourth-order valence-electron chi connectivity index (χ4n) is 4.69. The quantitative estimate of drug-likeness (QED) is 0.589. The Balaban J connectivity index is 1.35. The molecular weight excluding hydrogens is 491 g/mol. The number of methoxy groups -OCH3 is 1. The molecule has 4 rings (SSSR count). The van der Waals surface area contributed by atoms with E-state index in [1.54, 1.807) is 4.90 Å². The fraction of sp³-hybridized carbons (Fsp3) is 0.423. The Morgan fingerprint density at radius 3 is 2.51 bits per heavy atom. The van der Waals surface area contributed by atoms with Crippen LogP contribution in [0.3, 0.4) is 0 Å². The number of amides is 3. The van der Waals surface area contributed by atoms with Gasteiger partial charge >= 0.3 is 24.3 Å². The van der Waals surface area contributed by atoms with Crippen molar-refractivity contribution in [1.82, 2.24) is 9.80 Å². The summed E-state index contributed by atoms with van der Waals surface area (Å²) in [5, 5.41) is 2.95. The van der Waals surface area contributed by atoms with Crippen molar-refractivity contribution in [1.29, 1.82) is 0 Å². The Labute approximate surface area is 212 Å². The molecule has 3 amide bonds. The molecule has 0 aromatic heterocycles. The maximum Gasteiger partial charge on any atom is 0.416 e. The molecule has 8 nitrogen and oxygen atoms in total. The van der Waals surface area contributed by atoms with Gasteiger partial charge in [0.1, 0.15) is 0 Å². The molecule has 198 valence electrons. The van der Waals surface area contributed by atoms with Gasteiger partial charge in [0.25, 0.3) is 0 Å². The van der Waals surface area contributed by atoms with Gasteiger partial charge in [-0.2, -0.15) is 13.2 Å². The van der Waals surface area contributed by atoms with Crippen molar-refractivity contribution in [2.75, 3.05) is 32.1 Å². The monoisotopic (exact) mass is 519 g/mol. The molecule has 1 atom stereocenters. The average Bonchev–Trinajstić information content (AvgIpc) is 3.05. The third-order valence-corrected chi connectivity index (χ3v) is 6.69. The molecule has 0 aliphatic carbocycles. The lowest BCUT2D eigenvalue weighted by Crippen LogP contribution is -2.50. The van der Waals surface area contributed by atoms with Gasteiger partial charge in [-0.3, -0.25) is 0 Å². The zero-order chi connectivity index (χ0) is 26.6. The number of fused-ring (bicyclic) bond motifs is 1. The Kier molecular flexibility index (Phi) is 7.89. The Morgan fingerprint density at radius 1 is 1.08 bits per heavy atom. The second-order valence-electron chi connectivity index (χ2n) is 9.05. The van der Waals surface area contributed by atoms with E-state index in [9.17, 15) is 27.6 Å². The van der Waals surface area contributed by atoms with E-state index >= 15 is 0 Å². The summed E-state index contributed by atoms with van der Waals surface area (Å²) in [6.45, 7) is 1.16. The molecule has 0 bridgehead atoms. The van der Waals surface area contributed by atoms with E-state index in [-0.39, 0.29) is 24.1 Å². The van der Waals surface area contributed by atoms with Crippen molar-refractivity contribution in [2.24, 2.45) is 0 Å². The van der Waals surface area contributed by atoms with Crippen LogP contribution in [0.15, 0.2) is 48.5 Å². The topological polar surface area (TPSA) is 88.2 Å². The van der Waals surface area contributed by atoms with Gasteiger partial charge in [0.05, 0.1) is 12.7 Å². The number of rotatable bonds is 5. The summed E-state index contributed by atoms with van der Waals surface area (Å²) in [6, 6.07) is 11.9. The van der Waals surface area contributed by atoms with E-state index < -0.39 is 29.9 Å². The molecule has 2 aliphatic heterocycles. The number of ether oxygens (including phenoxy) is 2. The SMILES string of the molecule is COC(=O)[C@@H](Cc1cccc(C(F)(F)F)c1)OC(=O)N1CCC(N2CCc3ccccc3NC2=O)CC1. The standard InChI is InChI=1S/C26H28F3N3O5/c1-36-23(33)22(16-17-5-4-7-19(15-17)26(27,28)29)37-25(35)31-12-10-20(11-13-31)32-14-9-18-6-2-3-8-21(18)30-24(32)34/h2-8,15,20,22H,9-14,16H2,1H3,(H,30,34)/t22-/m1/s1. The average molecular weight is 520 g/mol. The molecule has 0 unspecified atom stereocenters. The van der Waals surface area contributed by atoms with E-state index in [0.29, 0.717) is 38.9 Å². The largest absolute Gasteiger partial charge is 0.466 e. The highest BCUT2D eigenvalue weighted by molar-refractivity contribution is 5.91. The number of carbonyl (C=O) groups excluding carboxylic acids is 3. The number of likely N-dealkylation sites (tertiary alicyclic amines) is 1. The predicted octanol–water partition coefficient (Wildman–Crippen LogP) is 4.48. The summed E-state index contributed by atoms with van der Waals surface area (Å²) < 4.78 is 49.2. The van der Waals surface area contributed by atoms with Crippen molar-refractivity contribution in [3.63, 3.8) is 0 Å². The number of benzene rings is 2. The molecule has 0 radical (unpaired) electrons. The molecule has 1 saturated heterocycles. The molecule has 1 fully saturated rings. The first-order chi connectivity index (χ1) is 17.7. The lowest BCUT2D eigenvalue weighted by molar-refractivity contribution is -0.151. The maximum absolute atomic E-state index is 13.1. The van der Waals surface area contributed by atoms with Crippen LogP contribution in [0.5, 0.6) is 0 Å². The van der Waals surface area contributed by atoms with Crippen LogP contribution in [-0.4, -0.2) is 66.8 Å². The Hall–Kier alpha value is -3.76. The minimum atomic E-state index is -4.54. The van der Waals surface area contributed by atoms with E-state index in [1.165, 1.54) is 17.0 Å². The van der Waals surface area contributed by atoms with E-state index in [2.05, 4.69) is 5.32 Å². The van der Waals surface area contributed by atoms with Gasteiger partial charge in [-0.05, 0) is 42.5 Å². The summed E-state index contributed by atoms with van der Waals surface area (Å²) in [5.74, 6) is -0.860. The number of hydrogen-bond donors (Lipinski definition) is 1. The summed E-state index contributed by atoms with van der Waals surface area (Å²) in [5.41, 5.74) is 1.19. The van der Waals surface area contributed by atoms with Crippen LogP contribution in [-0.2, 0) is 33.3 Å². The van der Waals surface area contributed by atoms with Crippen LogP contribution >= 0.6 is 0 Å². The number of alkyl halides is 3. The van der Waals surface area contributed by atoms with E-state index in [4.69, 9.17) is 9.47 Å². The van der Waals surface area contributed by atoms with Gasteiger partial charge in [0.15, 0.2) is 0 Å². The third kappa shape index (κ3) is 6.33. The smallest absolute Gasteiger partial charge is 0.416 e. The first-order valence-corrected chi connectivity index (χ1v) is 12.0. The summed E-state index contributed by atoms with van der Waals surface area (Å²) in [4.78, 5) is 41.1. The molecule has 37 heavy (non-hydrogen) atoms. The fourth-order valence-corrected chi connectivity index (χ4v) is 4.69. The molecule has 0 saturated carbocycles. The first-order valence-electron chi connectivity index (χ1n) is 12.0. The third-order valence-electron chi connectivity index (χ3n) is 6.69. The van der Waals surface area contributed by atoms with Crippen LogP contribution in [0.25, 0.3) is 0 Å². The lowest BCUT2D eigenvalue weighted by atomic mass is 10.0. The van der Waals surface area contributed by atoms with Gasteiger partial charge in [-0.25, -0.2) is 14.4 Å².